The second-order valence-electron chi connectivity index (χ2n) is 4.24. The summed E-state index contributed by atoms with van der Waals surface area (Å²) in [6, 6.07) is 5.54. The first kappa shape index (κ1) is 13.2. The number of hydrogen-bond donors (Lipinski definition) is 2. The van der Waals surface area contributed by atoms with Gasteiger partial charge in [-0.1, -0.05) is 11.6 Å². The molecule has 0 aromatic heterocycles. The van der Waals surface area contributed by atoms with Crippen molar-refractivity contribution < 1.29 is 9.84 Å². The summed E-state index contributed by atoms with van der Waals surface area (Å²) in [5, 5.41) is 22.2. The van der Waals surface area contributed by atoms with Crippen LogP contribution in [-0.4, -0.2) is 24.5 Å². The number of aliphatic hydroxyl groups is 1. The quantitative estimate of drug-likeness (QED) is 0.878. The van der Waals surface area contributed by atoms with Gasteiger partial charge in [-0.05, 0) is 25.5 Å². The largest absolute Gasteiger partial charge is 0.492 e. The van der Waals surface area contributed by atoms with Crippen molar-refractivity contribution in [1.82, 2.24) is 5.32 Å². The van der Waals surface area contributed by atoms with E-state index >= 15 is 0 Å². The van der Waals surface area contributed by atoms with Crippen LogP contribution in [-0.2, 0) is 0 Å². The zero-order valence-corrected chi connectivity index (χ0v) is 10.9. The summed E-state index contributed by atoms with van der Waals surface area (Å²) >= 11 is 6.13. The van der Waals surface area contributed by atoms with E-state index in [4.69, 9.17) is 16.3 Å². The number of aliphatic hydroxyl groups excluding tert-OH is 1. The highest BCUT2D eigenvalue weighted by Crippen LogP contribution is 2.39. The molecule has 2 rings (SSSR count). The molecule has 1 aliphatic rings. The lowest BCUT2D eigenvalue weighted by Crippen LogP contribution is -2.19. The number of nitrogens with one attached hydrogen (secondary N) is 1. The maximum Gasteiger partial charge on any atom is 0.142 e. The minimum absolute atomic E-state index is 0.0508. The standard InChI is InChI=1S/C13H15ClN2O2/c1-2-18-13-10(14)4-3-8(6-15)12(13)9-5-11(17)16-7-9/h3-4,9,11,16-17H,2,5,7H2,1H3. The number of hydrogen-bond acceptors (Lipinski definition) is 4. The molecule has 2 N–H and O–H groups in total. The molecule has 1 aromatic rings. The van der Waals surface area contributed by atoms with Gasteiger partial charge in [-0.3, -0.25) is 5.32 Å². The second-order valence-corrected chi connectivity index (χ2v) is 4.65. The van der Waals surface area contributed by atoms with Crippen LogP contribution in [0.2, 0.25) is 5.02 Å². The summed E-state index contributed by atoms with van der Waals surface area (Å²) in [5.41, 5.74) is 1.36. The zero-order chi connectivity index (χ0) is 13.1. The maximum atomic E-state index is 9.55. The molecule has 1 saturated heterocycles. The van der Waals surface area contributed by atoms with Crippen molar-refractivity contribution in [2.45, 2.75) is 25.5 Å². The van der Waals surface area contributed by atoms with Crippen LogP contribution in [0.3, 0.4) is 0 Å². The first-order valence-electron chi connectivity index (χ1n) is 5.94. The molecule has 0 radical (unpaired) electrons. The van der Waals surface area contributed by atoms with E-state index in [1.165, 1.54) is 0 Å². The van der Waals surface area contributed by atoms with E-state index in [0.717, 1.165) is 5.56 Å². The third kappa shape index (κ3) is 2.44. The highest BCUT2D eigenvalue weighted by Gasteiger charge is 2.29. The minimum Gasteiger partial charge on any atom is -0.492 e. The van der Waals surface area contributed by atoms with Gasteiger partial charge in [0, 0.05) is 18.0 Å². The van der Waals surface area contributed by atoms with Gasteiger partial charge in [0.2, 0.25) is 0 Å². The van der Waals surface area contributed by atoms with Crippen LogP contribution < -0.4 is 10.1 Å². The average Bonchev–Trinajstić information content (AvgIpc) is 2.78. The Kier molecular flexibility index (Phi) is 4.07. The fraction of sp³-hybridized carbons (Fsp3) is 0.462. The number of nitriles is 1. The lowest BCUT2D eigenvalue weighted by atomic mass is 9.92. The van der Waals surface area contributed by atoms with Crippen LogP contribution in [0.1, 0.15) is 30.4 Å². The molecule has 2 unspecified atom stereocenters. The number of rotatable bonds is 3. The highest BCUT2D eigenvalue weighted by molar-refractivity contribution is 6.32. The molecule has 4 nitrogen and oxygen atoms in total. The van der Waals surface area contributed by atoms with Gasteiger partial charge in [0.05, 0.1) is 23.3 Å². The Balaban J connectivity index is 2.48. The van der Waals surface area contributed by atoms with Gasteiger partial charge >= 0.3 is 0 Å². The summed E-state index contributed by atoms with van der Waals surface area (Å²) in [7, 11) is 0. The highest BCUT2D eigenvalue weighted by atomic mass is 35.5. The van der Waals surface area contributed by atoms with E-state index in [1.807, 2.05) is 6.92 Å². The molecule has 96 valence electrons. The number of benzene rings is 1. The molecule has 0 spiro atoms. The third-order valence-corrected chi connectivity index (χ3v) is 3.37. The molecule has 5 heteroatoms. The van der Waals surface area contributed by atoms with Crippen LogP contribution in [0, 0.1) is 11.3 Å². The predicted molar refractivity (Wildman–Crippen MR) is 68.7 cm³/mol. The fourth-order valence-electron chi connectivity index (χ4n) is 2.30. The van der Waals surface area contributed by atoms with Gasteiger partial charge in [0.25, 0.3) is 0 Å². The Bertz CT molecular complexity index is 485. The summed E-state index contributed by atoms with van der Waals surface area (Å²) in [5.74, 6) is 0.619. The molecule has 1 fully saturated rings. The van der Waals surface area contributed by atoms with Crippen molar-refractivity contribution in [2.24, 2.45) is 0 Å². The molecule has 0 saturated carbocycles. The Labute approximate surface area is 111 Å². The lowest BCUT2D eigenvalue weighted by molar-refractivity contribution is 0.159. The fourth-order valence-corrected chi connectivity index (χ4v) is 2.52. The van der Waals surface area contributed by atoms with E-state index in [0.29, 0.717) is 35.9 Å². The van der Waals surface area contributed by atoms with E-state index < -0.39 is 6.23 Å². The Hall–Kier alpha value is -1.28. The lowest BCUT2D eigenvalue weighted by Gasteiger charge is -2.17. The molecule has 1 aliphatic heterocycles. The van der Waals surface area contributed by atoms with Gasteiger partial charge in [-0.15, -0.1) is 0 Å². The predicted octanol–water partition coefficient (Wildman–Crippen LogP) is 2.01. The summed E-state index contributed by atoms with van der Waals surface area (Å²) in [4.78, 5) is 0. The zero-order valence-electron chi connectivity index (χ0n) is 10.1. The van der Waals surface area contributed by atoms with Crippen LogP contribution in [0.25, 0.3) is 0 Å². The second kappa shape index (κ2) is 5.57. The Morgan fingerprint density at radius 2 is 2.39 bits per heavy atom. The normalized spacial score (nSPS) is 22.8. The van der Waals surface area contributed by atoms with Crippen molar-refractivity contribution in [3.63, 3.8) is 0 Å². The molecule has 0 amide bonds. The topological polar surface area (TPSA) is 65.3 Å². The first-order chi connectivity index (χ1) is 8.67. The average molecular weight is 267 g/mol. The molecule has 0 aliphatic carbocycles. The molecule has 1 aromatic carbocycles. The summed E-state index contributed by atoms with van der Waals surface area (Å²) < 4.78 is 5.57. The van der Waals surface area contributed by atoms with Crippen molar-refractivity contribution in [1.29, 1.82) is 5.26 Å². The van der Waals surface area contributed by atoms with Gasteiger partial charge in [0.15, 0.2) is 0 Å². The smallest absolute Gasteiger partial charge is 0.142 e. The third-order valence-electron chi connectivity index (χ3n) is 3.07. The Morgan fingerprint density at radius 3 is 2.94 bits per heavy atom. The van der Waals surface area contributed by atoms with Crippen LogP contribution in [0.4, 0.5) is 0 Å². The number of halogens is 1. The number of nitrogens with zero attached hydrogens (tertiary/aromatic N) is 1. The van der Waals surface area contributed by atoms with Crippen molar-refractivity contribution in [2.75, 3.05) is 13.2 Å². The SMILES string of the molecule is CCOc1c(Cl)ccc(C#N)c1C1CNC(O)C1. The van der Waals surface area contributed by atoms with Crippen LogP contribution >= 0.6 is 11.6 Å². The monoisotopic (exact) mass is 266 g/mol. The van der Waals surface area contributed by atoms with E-state index in [9.17, 15) is 10.4 Å². The minimum atomic E-state index is -0.532. The van der Waals surface area contributed by atoms with E-state index in [-0.39, 0.29) is 5.92 Å². The number of ether oxygens (including phenoxy) is 1. The maximum absolute atomic E-state index is 9.55. The molecule has 18 heavy (non-hydrogen) atoms. The van der Waals surface area contributed by atoms with Crippen molar-refractivity contribution >= 4 is 11.6 Å². The van der Waals surface area contributed by atoms with Crippen molar-refractivity contribution in [3.8, 4) is 11.8 Å². The van der Waals surface area contributed by atoms with Crippen LogP contribution in [0.15, 0.2) is 12.1 Å². The summed E-state index contributed by atoms with van der Waals surface area (Å²) in [6.45, 7) is 2.99. The molecular formula is C13H15ClN2O2. The van der Waals surface area contributed by atoms with Gasteiger partial charge in [-0.25, -0.2) is 0 Å². The molecule has 0 bridgehead atoms. The molecule has 1 heterocycles. The van der Waals surface area contributed by atoms with E-state index in [1.54, 1.807) is 12.1 Å². The van der Waals surface area contributed by atoms with Gasteiger partial charge in [0.1, 0.15) is 12.0 Å². The van der Waals surface area contributed by atoms with Crippen molar-refractivity contribution in [3.05, 3.63) is 28.3 Å². The van der Waals surface area contributed by atoms with Crippen LogP contribution in [0.5, 0.6) is 5.75 Å². The Morgan fingerprint density at radius 1 is 1.61 bits per heavy atom. The first-order valence-corrected chi connectivity index (χ1v) is 6.31. The van der Waals surface area contributed by atoms with Gasteiger partial charge in [-0.2, -0.15) is 5.26 Å². The molecule has 2 atom stereocenters. The van der Waals surface area contributed by atoms with Gasteiger partial charge < -0.3 is 9.84 Å². The summed E-state index contributed by atoms with van der Waals surface area (Å²) in [6.07, 6.45) is 0.0322. The molecular weight excluding hydrogens is 252 g/mol. The van der Waals surface area contributed by atoms with E-state index in [2.05, 4.69) is 11.4 Å².